The molecule has 0 bridgehead atoms. The summed E-state index contributed by atoms with van der Waals surface area (Å²) >= 11 is 0. The van der Waals surface area contributed by atoms with Gasteiger partial charge in [-0.2, -0.15) is 0 Å². The molecule has 1 amide bonds. The van der Waals surface area contributed by atoms with Gasteiger partial charge in [0.05, 0.1) is 6.54 Å². The normalized spacial score (nSPS) is 21.7. The quantitative estimate of drug-likeness (QED) is 0.877. The summed E-state index contributed by atoms with van der Waals surface area (Å²) in [6.45, 7) is 7.41. The summed E-state index contributed by atoms with van der Waals surface area (Å²) in [5.41, 5.74) is 1.04. The predicted molar refractivity (Wildman–Crippen MR) is 89.9 cm³/mol. The number of hydrogen-bond acceptors (Lipinski definition) is 3. The highest BCUT2D eigenvalue weighted by Crippen LogP contribution is 2.22. The summed E-state index contributed by atoms with van der Waals surface area (Å²) < 4.78 is 0. The molecule has 0 saturated carbocycles. The van der Waals surface area contributed by atoms with Gasteiger partial charge in [-0.1, -0.05) is 32.0 Å². The van der Waals surface area contributed by atoms with Crippen molar-refractivity contribution in [3.63, 3.8) is 0 Å². The fourth-order valence-electron chi connectivity index (χ4n) is 3.33. The molecule has 0 radical (unpaired) electrons. The molecule has 1 aromatic carbocycles. The number of hydrogen-bond donors (Lipinski definition) is 1. The number of likely N-dealkylation sites (tertiary alicyclic amines) is 1. The van der Waals surface area contributed by atoms with Gasteiger partial charge in [-0.3, -0.25) is 4.79 Å². The van der Waals surface area contributed by atoms with Crippen LogP contribution in [-0.4, -0.2) is 48.7 Å². The van der Waals surface area contributed by atoms with Crippen LogP contribution in [0.5, 0.6) is 0 Å². The van der Waals surface area contributed by atoms with Crippen LogP contribution in [0.4, 0.5) is 5.69 Å². The number of carbonyl (C=O) groups excluding carboxylic acids is 1. The van der Waals surface area contributed by atoms with Crippen LogP contribution in [0.25, 0.3) is 0 Å². The lowest BCUT2D eigenvalue weighted by Gasteiger charge is -2.36. The number of piperidine rings is 1. The van der Waals surface area contributed by atoms with Gasteiger partial charge in [0, 0.05) is 31.9 Å². The molecule has 1 aromatic rings. The van der Waals surface area contributed by atoms with Crippen molar-refractivity contribution in [3.05, 3.63) is 30.3 Å². The first-order valence-corrected chi connectivity index (χ1v) is 8.28. The van der Waals surface area contributed by atoms with E-state index in [4.69, 9.17) is 5.11 Å². The van der Waals surface area contributed by atoms with Crippen LogP contribution in [0.3, 0.4) is 0 Å². The van der Waals surface area contributed by atoms with Gasteiger partial charge in [0.2, 0.25) is 5.91 Å². The van der Waals surface area contributed by atoms with Crippen molar-refractivity contribution >= 4 is 11.6 Å². The predicted octanol–water partition coefficient (Wildman–Crippen LogP) is 2.38. The van der Waals surface area contributed by atoms with Crippen molar-refractivity contribution in [1.82, 2.24) is 4.90 Å². The largest absolute Gasteiger partial charge is 0.396 e. The summed E-state index contributed by atoms with van der Waals surface area (Å²) in [5, 5.41) is 9.09. The first-order valence-electron chi connectivity index (χ1n) is 8.28. The molecular weight excluding hydrogens is 276 g/mol. The maximum atomic E-state index is 12.7. The minimum absolute atomic E-state index is 0.148. The van der Waals surface area contributed by atoms with Gasteiger partial charge in [-0.05, 0) is 36.8 Å². The molecule has 0 aromatic heterocycles. The number of para-hydroxylation sites is 1. The number of aliphatic hydroxyl groups is 1. The molecule has 22 heavy (non-hydrogen) atoms. The Morgan fingerprint density at radius 3 is 2.45 bits per heavy atom. The van der Waals surface area contributed by atoms with E-state index in [1.165, 1.54) is 6.42 Å². The van der Waals surface area contributed by atoms with Crippen LogP contribution < -0.4 is 4.90 Å². The smallest absolute Gasteiger partial charge is 0.242 e. The Labute approximate surface area is 133 Å². The van der Waals surface area contributed by atoms with Crippen molar-refractivity contribution in [3.8, 4) is 0 Å². The number of amides is 1. The molecule has 1 N–H and O–H groups in total. The Morgan fingerprint density at radius 1 is 1.23 bits per heavy atom. The number of nitrogens with zero attached hydrogens (tertiary/aromatic N) is 2. The van der Waals surface area contributed by atoms with Gasteiger partial charge < -0.3 is 14.9 Å². The fourth-order valence-corrected chi connectivity index (χ4v) is 3.33. The maximum absolute atomic E-state index is 12.7. The van der Waals surface area contributed by atoms with Crippen LogP contribution in [0.1, 0.15) is 26.7 Å². The number of carbonyl (C=O) groups is 1. The van der Waals surface area contributed by atoms with Crippen LogP contribution in [0.15, 0.2) is 30.3 Å². The van der Waals surface area contributed by atoms with Gasteiger partial charge >= 0.3 is 0 Å². The molecule has 1 aliphatic heterocycles. The van der Waals surface area contributed by atoms with Crippen LogP contribution in [-0.2, 0) is 4.79 Å². The Kier molecular flexibility index (Phi) is 6.25. The SMILES string of the molecule is CC1CC(C)CN(C(=O)CN(CCCO)c2ccccc2)C1. The summed E-state index contributed by atoms with van der Waals surface area (Å²) in [6, 6.07) is 9.98. The molecule has 4 nitrogen and oxygen atoms in total. The Balaban J connectivity index is 2.01. The second-order valence-corrected chi connectivity index (χ2v) is 6.58. The zero-order chi connectivity index (χ0) is 15.9. The molecule has 122 valence electrons. The number of rotatable bonds is 6. The summed E-state index contributed by atoms with van der Waals surface area (Å²) in [4.78, 5) is 16.7. The highest BCUT2D eigenvalue weighted by molar-refractivity contribution is 5.81. The lowest BCUT2D eigenvalue weighted by Crippen LogP contribution is -2.47. The molecular formula is C18H28N2O2. The van der Waals surface area contributed by atoms with Gasteiger partial charge in [0.15, 0.2) is 0 Å². The summed E-state index contributed by atoms with van der Waals surface area (Å²) in [7, 11) is 0. The van der Waals surface area contributed by atoms with Crippen molar-refractivity contribution in [1.29, 1.82) is 0 Å². The van der Waals surface area contributed by atoms with Gasteiger partial charge in [0.25, 0.3) is 0 Å². The Bertz CT molecular complexity index is 453. The van der Waals surface area contributed by atoms with Crippen LogP contribution in [0, 0.1) is 11.8 Å². The third-order valence-electron chi connectivity index (χ3n) is 4.26. The third kappa shape index (κ3) is 4.73. The number of aliphatic hydroxyl groups excluding tert-OH is 1. The monoisotopic (exact) mass is 304 g/mol. The van der Waals surface area contributed by atoms with E-state index >= 15 is 0 Å². The van der Waals surface area contributed by atoms with Crippen molar-refractivity contribution < 1.29 is 9.90 Å². The lowest BCUT2D eigenvalue weighted by molar-refractivity contribution is -0.132. The number of benzene rings is 1. The number of anilines is 1. The minimum Gasteiger partial charge on any atom is -0.396 e. The van der Waals surface area contributed by atoms with Crippen molar-refractivity contribution in [2.75, 3.05) is 37.7 Å². The second kappa shape index (κ2) is 8.18. The van der Waals surface area contributed by atoms with Crippen LogP contribution >= 0.6 is 0 Å². The molecule has 1 aliphatic rings. The van der Waals surface area contributed by atoms with Crippen molar-refractivity contribution in [2.24, 2.45) is 11.8 Å². The molecule has 0 aliphatic carbocycles. The fraction of sp³-hybridized carbons (Fsp3) is 0.611. The highest BCUT2D eigenvalue weighted by atomic mass is 16.3. The lowest BCUT2D eigenvalue weighted by atomic mass is 9.92. The average Bonchev–Trinajstić information content (AvgIpc) is 2.51. The molecule has 1 fully saturated rings. The molecule has 2 unspecified atom stereocenters. The average molecular weight is 304 g/mol. The van der Waals surface area contributed by atoms with Crippen LogP contribution in [0.2, 0.25) is 0 Å². The first kappa shape index (κ1) is 16.8. The van der Waals surface area contributed by atoms with E-state index in [1.807, 2.05) is 35.2 Å². The zero-order valence-corrected chi connectivity index (χ0v) is 13.7. The van der Waals surface area contributed by atoms with E-state index < -0.39 is 0 Å². The molecule has 0 spiro atoms. The molecule has 2 atom stereocenters. The summed E-state index contributed by atoms with van der Waals surface area (Å²) in [6.07, 6.45) is 1.88. The molecule has 1 saturated heterocycles. The standard InChI is InChI=1S/C18H28N2O2/c1-15-11-16(2)13-20(12-15)18(22)14-19(9-6-10-21)17-7-4-3-5-8-17/h3-5,7-8,15-16,21H,6,9-14H2,1-2H3. The minimum atomic E-state index is 0.148. The highest BCUT2D eigenvalue weighted by Gasteiger charge is 2.26. The molecule has 1 heterocycles. The Hall–Kier alpha value is -1.55. The Morgan fingerprint density at radius 2 is 1.86 bits per heavy atom. The zero-order valence-electron chi connectivity index (χ0n) is 13.7. The van der Waals surface area contributed by atoms with Gasteiger partial charge in [0.1, 0.15) is 0 Å². The first-order chi connectivity index (χ1) is 10.6. The van der Waals surface area contributed by atoms with E-state index in [-0.39, 0.29) is 12.5 Å². The third-order valence-corrected chi connectivity index (χ3v) is 4.26. The van der Waals surface area contributed by atoms with Crippen molar-refractivity contribution in [2.45, 2.75) is 26.7 Å². The second-order valence-electron chi connectivity index (χ2n) is 6.58. The van der Waals surface area contributed by atoms with Gasteiger partial charge in [-0.15, -0.1) is 0 Å². The van der Waals surface area contributed by atoms with E-state index in [1.54, 1.807) is 0 Å². The maximum Gasteiger partial charge on any atom is 0.242 e. The van der Waals surface area contributed by atoms with Gasteiger partial charge in [-0.25, -0.2) is 0 Å². The van der Waals surface area contributed by atoms with E-state index in [9.17, 15) is 4.79 Å². The molecule has 4 heteroatoms. The summed E-state index contributed by atoms with van der Waals surface area (Å²) in [5.74, 6) is 1.35. The topological polar surface area (TPSA) is 43.8 Å². The van der Waals surface area contributed by atoms with E-state index in [0.717, 1.165) is 18.8 Å². The molecule has 2 rings (SSSR count). The van der Waals surface area contributed by atoms with E-state index in [0.29, 0.717) is 31.3 Å². The van der Waals surface area contributed by atoms with E-state index in [2.05, 4.69) is 18.7 Å².